The fraction of sp³-hybridized carbons (Fsp3) is 0.559. The number of aliphatic carboxylic acids is 2. The van der Waals surface area contributed by atoms with Gasteiger partial charge in [0.1, 0.15) is 35.5 Å². The van der Waals surface area contributed by atoms with Crippen molar-refractivity contribution in [3.05, 3.63) is 41.8 Å². The third-order valence-electron chi connectivity index (χ3n) is 9.70. The van der Waals surface area contributed by atoms with Gasteiger partial charge in [0, 0.05) is 49.9 Å². The van der Waals surface area contributed by atoms with Crippen LogP contribution in [0.3, 0.4) is 0 Å². The highest BCUT2D eigenvalue weighted by Crippen LogP contribution is 2.41. The van der Waals surface area contributed by atoms with Crippen LogP contribution in [0.25, 0.3) is 22.2 Å². The Morgan fingerprint density at radius 1 is 0.963 bits per heavy atom. The molecule has 20 heteroatoms. The van der Waals surface area contributed by atoms with Gasteiger partial charge < -0.3 is 25.2 Å². The first-order valence-corrected chi connectivity index (χ1v) is 16.9. The van der Waals surface area contributed by atoms with Crippen molar-refractivity contribution in [2.75, 3.05) is 37.7 Å². The molecule has 2 bridgehead atoms. The number of pyridine rings is 1. The molecule has 54 heavy (non-hydrogen) atoms. The number of alkyl halides is 8. The first-order chi connectivity index (χ1) is 25.1. The first-order valence-electron chi connectivity index (χ1n) is 16.9. The van der Waals surface area contributed by atoms with Gasteiger partial charge in [-0.05, 0) is 51.6 Å². The van der Waals surface area contributed by atoms with E-state index >= 15 is 8.78 Å². The SMILES string of the molecule is CC(C)(F)c1ccccc1-c1ncc2c(N3C[C@H]4CC[C@@H](C3)N4)nc(OCC34CCCN3CC(F)C4)nc2c1F.O=C(O)C(F)(F)F.O=C(O)C(F)(F)F. The normalized spacial score (nSPS) is 24.0. The molecular weight excluding hydrogens is 743 g/mol. The third-order valence-corrected chi connectivity index (χ3v) is 9.70. The Kier molecular flexibility index (Phi) is 11.6. The number of carboxylic acid groups (broad SMARTS) is 2. The number of ether oxygens (including phenoxy) is 1. The standard InChI is InChI=1S/C30H35F3N6O.2C2HF3O2/c1-29(2,33)23-7-4-3-6-21(23)25-24(32)26-22(13-34-25)27(38-15-19-8-9-20(16-38)35-19)37-28(36-26)40-17-30-10-5-11-39(30)14-18(31)12-30;2*3-2(4,5)1(6)7/h3-4,6-7,13,18-20,35H,5,8-12,14-17H2,1-2H3;2*(H,6,7)/t18?,19-,20+,30?;;. The minimum atomic E-state index is -5.08. The molecule has 4 aliphatic rings. The summed E-state index contributed by atoms with van der Waals surface area (Å²) in [4.78, 5) is 36.0. The highest BCUT2D eigenvalue weighted by molar-refractivity contribution is 5.92. The second-order valence-corrected chi connectivity index (χ2v) is 14.0. The third kappa shape index (κ3) is 9.07. The van der Waals surface area contributed by atoms with Gasteiger partial charge in [0.15, 0.2) is 5.82 Å². The molecule has 4 aliphatic heterocycles. The van der Waals surface area contributed by atoms with E-state index in [1.807, 2.05) is 0 Å². The lowest BCUT2D eigenvalue weighted by Gasteiger charge is -2.34. The number of hydrogen-bond acceptors (Lipinski definition) is 9. The van der Waals surface area contributed by atoms with Gasteiger partial charge in [-0.1, -0.05) is 24.3 Å². The van der Waals surface area contributed by atoms with Crippen molar-refractivity contribution in [2.24, 2.45) is 0 Å². The quantitative estimate of drug-likeness (QED) is 0.247. The summed E-state index contributed by atoms with van der Waals surface area (Å²) in [5.74, 6) is -5.56. The zero-order chi connectivity index (χ0) is 39.8. The number of carbonyl (C=O) groups is 2. The lowest BCUT2D eigenvalue weighted by Crippen LogP contribution is -2.51. The number of anilines is 1. The monoisotopic (exact) mass is 780 g/mol. The summed E-state index contributed by atoms with van der Waals surface area (Å²) in [7, 11) is 0. The molecule has 7 rings (SSSR count). The zero-order valence-electron chi connectivity index (χ0n) is 28.9. The number of fused-ring (bicyclic) bond motifs is 4. The Labute approximate surface area is 302 Å². The van der Waals surface area contributed by atoms with E-state index in [4.69, 9.17) is 29.5 Å². The van der Waals surface area contributed by atoms with Crippen molar-refractivity contribution in [3.63, 3.8) is 0 Å². The van der Waals surface area contributed by atoms with Gasteiger partial charge in [-0.3, -0.25) is 9.88 Å². The van der Waals surface area contributed by atoms with Gasteiger partial charge in [0.05, 0.1) is 10.9 Å². The molecule has 0 amide bonds. The maximum absolute atomic E-state index is 16.4. The minimum absolute atomic E-state index is 0.0430. The molecular formula is C34H37F9N6O5. The van der Waals surface area contributed by atoms with Gasteiger partial charge in [0.25, 0.3) is 0 Å². The van der Waals surface area contributed by atoms with Crippen molar-refractivity contribution in [1.29, 1.82) is 0 Å². The summed E-state index contributed by atoms with van der Waals surface area (Å²) in [6, 6.07) is 7.59. The molecule has 4 atom stereocenters. The molecule has 296 valence electrons. The molecule has 2 aromatic heterocycles. The summed E-state index contributed by atoms with van der Waals surface area (Å²) in [5, 5.41) is 18.4. The predicted octanol–water partition coefficient (Wildman–Crippen LogP) is 6.20. The van der Waals surface area contributed by atoms with Gasteiger partial charge in [0.2, 0.25) is 0 Å². The number of carboxylic acids is 2. The van der Waals surface area contributed by atoms with Crippen molar-refractivity contribution in [3.8, 4) is 17.3 Å². The van der Waals surface area contributed by atoms with Crippen LogP contribution in [0, 0.1) is 5.82 Å². The number of hydrogen-bond donors (Lipinski definition) is 3. The van der Waals surface area contributed by atoms with Crippen LogP contribution in [0.4, 0.5) is 45.3 Å². The maximum Gasteiger partial charge on any atom is 0.490 e. The Morgan fingerprint density at radius 3 is 2.13 bits per heavy atom. The smallest absolute Gasteiger partial charge is 0.475 e. The van der Waals surface area contributed by atoms with Crippen LogP contribution >= 0.6 is 0 Å². The van der Waals surface area contributed by atoms with Crippen LogP contribution in [0.5, 0.6) is 6.01 Å². The molecule has 1 aromatic carbocycles. The summed E-state index contributed by atoms with van der Waals surface area (Å²) < 4.78 is 116. The Bertz CT molecular complexity index is 1820. The largest absolute Gasteiger partial charge is 0.490 e. The molecule has 3 N–H and O–H groups in total. The predicted molar refractivity (Wildman–Crippen MR) is 175 cm³/mol. The van der Waals surface area contributed by atoms with Crippen molar-refractivity contribution in [2.45, 2.75) is 87.8 Å². The summed E-state index contributed by atoms with van der Waals surface area (Å²) in [5.41, 5.74) is -1.18. The molecule has 6 heterocycles. The maximum atomic E-state index is 16.4. The van der Waals surface area contributed by atoms with E-state index in [1.165, 1.54) is 13.8 Å². The Hall–Kier alpha value is -4.46. The molecule has 0 radical (unpaired) electrons. The van der Waals surface area contributed by atoms with Crippen molar-refractivity contribution >= 4 is 28.7 Å². The molecule has 4 saturated heterocycles. The van der Waals surface area contributed by atoms with E-state index in [0.29, 0.717) is 47.4 Å². The number of benzene rings is 1. The highest BCUT2D eigenvalue weighted by Gasteiger charge is 2.49. The molecule has 4 fully saturated rings. The number of piperazine rings is 1. The fourth-order valence-electron chi connectivity index (χ4n) is 7.34. The van der Waals surface area contributed by atoms with Crippen molar-refractivity contribution < 1.29 is 64.1 Å². The number of halogens is 9. The van der Waals surface area contributed by atoms with Gasteiger partial charge >= 0.3 is 30.3 Å². The molecule has 0 spiro atoms. The molecule has 3 aromatic rings. The summed E-state index contributed by atoms with van der Waals surface area (Å²) in [6.45, 7) is 5.91. The van der Waals surface area contributed by atoms with Crippen LogP contribution in [0.1, 0.15) is 51.5 Å². The van der Waals surface area contributed by atoms with Crippen LogP contribution in [-0.4, -0.2) is 111 Å². The number of nitrogens with one attached hydrogen (secondary N) is 1. The topological polar surface area (TPSA) is 141 Å². The number of rotatable bonds is 6. The second kappa shape index (κ2) is 15.3. The van der Waals surface area contributed by atoms with Crippen LogP contribution in [0.15, 0.2) is 30.5 Å². The van der Waals surface area contributed by atoms with Crippen LogP contribution in [0.2, 0.25) is 0 Å². The average Bonchev–Trinajstić information content (AvgIpc) is 3.73. The number of aromatic nitrogens is 3. The van der Waals surface area contributed by atoms with E-state index < -0.39 is 41.9 Å². The van der Waals surface area contributed by atoms with E-state index in [1.54, 1.807) is 30.5 Å². The average molecular weight is 781 g/mol. The number of nitrogens with zero attached hydrogens (tertiary/aromatic N) is 5. The minimum Gasteiger partial charge on any atom is -0.475 e. The van der Waals surface area contributed by atoms with E-state index in [9.17, 15) is 30.7 Å². The second-order valence-electron chi connectivity index (χ2n) is 14.0. The van der Waals surface area contributed by atoms with Gasteiger partial charge in [-0.25, -0.2) is 22.8 Å². The van der Waals surface area contributed by atoms with E-state index in [0.717, 1.165) is 45.3 Å². The molecule has 11 nitrogen and oxygen atoms in total. The fourth-order valence-corrected chi connectivity index (χ4v) is 7.34. The lowest BCUT2D eigenvalue weighted by molar-refractivity contribution is -0.193. The highest BCUT2D eigenvalue weighted by atomic mass is 19.4. The summed E-state index contributed by atoms with van der Waals surface area (Å²) >= 11 is 0. The van der Waals surface area contributed by atoms with E-state index in [-0.39, 0.29) is 29.4 Å². The van der Waals surface area contributed by atoms with Crippen LogP contribution in [-0.2, 0) is 15.3 Å². The lowest BCUT2D eigenvalue weighted by atomic mass is 9.92. The van der Waals surface area contributed by atoms with Crippen molar-refractivity contribution in [1.82, 2.24) is 25.2 Å². The Balaban J connectivity index is 0.000000342. The first kappa shape index (κ1) is 40.7. The molecule has 2 unspecified atom stereocenters. The Morgan fingerprint density at radius 2 is 1.56 bits per heavy atom. The molecule has 0 aliphatic carbocycles. The van der Waals surface area contributed by atoms with Crippen LogP contribution < -0.4 is 15.0 Å². The van der Waals surface area contributed by atoms with E-state index in [2.05, 4.69) is 25.1 Å². The zero-order valence-corrected chi connectivity index (χ0v) is 28.9. The van der Waals surface area contributed by atoms with Gasteiger partial charge in [-0.15, -0.1) is 0 Å². The summed E-state index contributed by atoms with van der Waals surface area (Å²) in [6.07, 6.45) is -5.00. The molecule has 0 saturated carbocycles. The van der Waals surface area contributed by atoms with Gasteiger partial charge in [-0.2, -0.15) is 36.3 Å².